The Labute approximate surface area is 141 Å². The van der Waals surface area contributed by atoms with Crippen LogP contribution in [0.15, 0.2) is 24.4 Å². The summed E-state index contributed by atoms with van der Waals surface area (Å²) in [5.41, 5.74) is 0.825. The minimum atomic E-state index is 0.435. The molecule has 0 fully saturated rings. The van der Waals surface area contributed by atoms with Gasteiger partial charge in [-0.2, -0.15) is 10.1 Å². The van der Waals surface area contributed by atoms with Crippen molar-refractivity contribution >= 4 is 17.5 Å². The van der Waals surface area contributed by atoms with Crippen LogP contribution >= 0.6 is 0 Å². The molecule has 1 aromatic heterocycles. The summed E-state index contributed by atoms with van der Waals surface area (Å²) in [5.74, 6) is 2.60. The van der Waals surface area contributed by atoms with E-state index in [1.165, 1.54) is 0 Å². The number of benzene rings is 1. The molecule has 1 aliphatic heterocycles. The van der Waals surface area contributed by atoms with Crippen molar-refractivity contribution in [3.05, 3.63) is 24.4 Å². The van der Waals surface area contributed by atoms with Crippen molar-refractivity contribution in [2.24, 2.45) is 0 Å². The molecule has 0 unspecified atom stereocenters. The molecule has 1 aliphatic rings. The molecular weight excluding hydrogens is 308 g/mol. The Hall–Kier alpha value is -2.61. The lowest BCUT2D eigenvalue weighted by molar-refractivity contribution is 0.171. The van der Waals surface area contributed by atoms with E-state index in [0.717, 1.165) is 36.7 Å². The van der Waals surface area contributed by atoms with Gasteiger partial charge < -0.3 is 25.0 Å². The van der Waals surface area contributed by atoms with E-state index < -0.39 is 0 Å². The van der Waals surface area contributed by atoms with E-state index in [4.69, 9.17) is 9.47 Å². The zero-order valence-electron chi connectivity index (χ0n) is 14.0. The van der Waals surface area contributed by atoms with Gasteiger partial charge in [0.15, 0.2) is 17.3 Å². The fourth-order valence-electron chi connectivity index (χ4n) is 2.30. The minimum Gasteiger partial charge on any atom is -0.486 e. The first-order valence-electron chi connectivity index (χ1n) is 7.96. The number of ether oxygens (including phenoxy) is 2. The normalized spacial score (nSPS) is 13.0. The summed E-state index contributed by atoms with van der Waals surface area (Å²) in [6, 6.07) is 5.64. The third-order valence-corrected chi connectivity index (χ3v) is 3.45. The van der Waals surface area contributed by atoms with Gasteiger partial charge >= 0.3 is 0 Å². The Kier molecular flexibility index (Phi) is 5.27. The van der Waals surface area contributed by atoms with Gasteiger partial charge in [0.1, 0.15) is 13.2 Å². The smallest absolute Gasteiger partial charge is 0.249 e. The molecule has 2 N–H and O–H groups in total. The SMILES string of the molecule is CN(C)CCCNc1cnnc(Nc2ccc3c(c2)OCCO3)n1. The summed E-state index contributed by atoms with van der Waals surface area (Å²) in [6.45, 7) is 2.99. The second-order valence-corrected chi connectivity index (χ2v) is 5.73. The zero-order chi connectivity index (χ0) is 16.8. The molecule has 0 saturated heterocycles. The molecule has 0 bridgehead atoms. The van der Waals surface area contributed by atoms with Crippen LogP contribution in [0.5, 0.6) is 11.5 Å². The maximum Gasteiger partial charge on any atom is 0.249 e. The Morgan fingerprint density at radius 1 is 1.17 bits per heavy atom. The molecule has 0 atom stereocenters. The van der Waals surface area contributed by atoms with Crippen molar-refractivity contribution in [3.63, 3.8) is 0 Å². The van der Waals surface area contributed by atoms with Crippen molar-refractivity contribution in [1.29, 1.82) is 0 Å². The van der Waals surface area contributed by atoms with E-state index in [1.807, 2.05) is 18.2 Å². The molecule has 2 aromatic rings. The fraction of sp³-hybridized carbons (Fsp3) is 0.438. The Morgan fingerprint density at radius 2 is 2.00 bits per heavy atom. The van der Waals surface area contributed by atoms with Gasteiger partial charge in [-0.15, -0.1) is 5.10 Å². The minimum absolute atomic E-state index is 0.435. The van der Waals surface area contributed by atoms with Gasteiger partial charge in [0.25, 0.3) is 0 Å². The highest BCUT2D eigenvalue weighted by molar-refractivity contribution is 5.60. The molecule has 128 valence electrons. The van der Waals surface area contributed by atoms with Crippen LogP contribution in [0.3, 0.4) is 0 Å². The van der Waals surface area contributed by atoms with E-state index >= 15 is 0 Å². The highest BCUT2D eigenvalue weighted by atomic mass is 16.6. The molecule has 0 aliphatic carbocycles. The topological polar surface area (TPSA) is 84.4 Å². The van der Waals surface area contributed by atoms with Crippen molar-refractivity contribution in [2.75, 3.05) is 51.0 Å². The standard InChI is InChI=1S/C16H22N6O2/c1-22(2)7-3-6-17-15-11-18-21-16(20-15)19-12-4-5-13-14(10-12)24-9-8-23-13/h4-5,10-11H,3,6-9H2,1-2H3,(H2,17,19,20,21). The summed E-state index contributed by atoms with van der Waals surface area (Å²) in [5, 5.41) is 14.4. The largest absolute Gasteiger partial charge is 0.486 e. The number of nitrogens with one attached hydrogen (secondary N) is 2. The lowest BCUT2D eigenvalue weighted by atomic mass is 10.2. The van der Waals surface area contributed by atoms with Crippen LogP contribution in [0.4, 0.5) is 17.5 Å². The summed E-state index contributed by atoms with van der Waals surface area (Å²) < 4.78 is 11.1. The Morgan fingerprint density at radius 3 is 2.83 bits per heavy atom. The van der Waals surface area contributed by atoms with Crippen molar-refractivity contribution in [3.8, 4) is 11.5 Å². The van der Waals surface area contributed by atoms with Crippen molar-refractivity contribution in [1.82, 2.24) is 20.1 Å². The average Bonchev–Trinajstić information content (AvgIpc) is 2.59. The number of aromatic nitrogens is 3. The van der Waals surface area contributed by atoms with Crippen LogP contribution in [0.25, 0.3) is 0 Å². The van der Waals surface area contributed by atoms with Crippen LogP contribution in [-0.4, -0.2) is 60.5 Å². The number of hydrogen-bond donors (Lipinski definition) is 2. The molecule has 0 spiro atoms. The first-order valence-corrected chi connectivity index (χ1v) is 7.96. The quantitative estimate of drug-likeness (QED) is 0.743. The molecular formula is C16H22N6O2. The maximum absolute atomic E-state index is 5.57. The van der Waals surface area contributed by atoms with Crippen molar-refractivity contribution < 1.29 is 9.47 Å². The summed E-state index contributed by atoms with van der Waals surface area (Å²) >= 11 is 0. The summed E-state index contributed by atoms with van der Waals surface area (Å²) in [6.07, 6.45) is 2.65. The maximum atomic E-state index is 5.57. The molecule has 0 radical (unpaired) electrons. The van der Waals surface area contributed by atoms with E-state index in [0.29, 0.717) is 25.0 Å². The lowest BCUT2D eigenvalue weighted by Crippen LogP contribution is -2.17. The summed E-state index contributed by atoms with van der Waals surface area (Å²) in [4.78, 5) is 6.56. The summed E-state index contributed by atoms with van der Waals surface area (Å²) in [7, 11) is 4.11. The third-order valence-electron chi connectivity index (χ3n) is 3.45. The number of nitrogens with zero attached hydrogens (tertiary/aromatic N) is 4. The predicted molar refractivity (Wildman–Crippen MR) is 92.2 cm³/mol. The molecule has 2 heterocycles. The van der Waals surface area contributed by atoms with Gasteiger partial charge in [0.2, 0.25) is 5.95 Å². The van der Waals surface area contributed by atoms with Gasteiger partial charge in [0, 0.05) is 18.3 Å². The molecule has 8 nitrogen and oxygen atoms in total. The van der Waals surface area contributed by atoms with Gasteiger partial charge in [-0.3, -0.25) is 0 Å². The van der Waals surface area contributed by atoms with Crippen LogP contribution in [0, 0.1) is 0 Å². The van der Waals surface area contributed by atoms with E-state index in [1.54, 1.807) is 6.20 Å². The van der Waals surface area contributed by atoms with Crippen LogP contribution in [-0.2, 0) is 0 Å². The molecule has 24 heavy (non-hydrogen) atoms. The van der Waals surface area contributed by atoms with Crippen LogP contribution in [0.1, 0.15) is 6.42 Å². The van der Waals surface area contributed by atoms with Crippen molar-refractivity contribution in [2.45, 2.75) is 6.42 Å². The molecule has 1 aromatic carbocycles. The molecule has 0 amide bonds. The third kappa shape index (κ3) is 4.45. The van der Waals surface area contributed by atoms with Gasteiger partial charge in [-0.1, -0.05) is 0 Å². The zero-order valence-corrected chi connectivity index (χ0v) is 14.0. The van der Waals surface area contributed by atoms with E-state index in [2.05, 4.69) is 44.8 Å². The fourth-order valence-corrected chi connectivity index (χ4v) is 2.30. The van der Waals surface area contributed by atoms with Crippen LogP contribution < -0.4 is 20.1 Å². The van der Waals surface area contributed by atoms with E-state index in [9.17, 15) is 0 Å². The second-order valence-electron chi connectivity index (χ2n) is 5.73. The van der Waals surface area contributed by atoms with Gasteiger partial charge in [-0.05, 0) is 39.2 Å². The van der Waals surface area contributed by atoms with Crippen LogP contribution in [0.2, 0.25) is 0 Å². The molecule has 8 heteroatoms. The molecule has 0 saturated carbocycles. The Balaban J connectivity index is 1.60. The van der Waals surface area contributed by atoms with Gasteiger partial charge in [0.05, 0.1) is 6.20 Å². The number of rotatable bonds is 7. The predicted octanol–water partition coefficient (Wildman–Crippen LogP) is 1.75. The number of anilines is 3. The van der Waals surface area contributed by atoms with E-state index in [-0.39, 0.29) is 0 Å². The Bertz CT molecular complexity index is 679. The highest BCUT2D eigenvalue weighted by Gasteiger charge is 2.12. The average molecular weight is 330 g/mol. The lowest BCUT2D eigenvalue weighted by Gasteiger charge is -2.19. The van der Waals surface area contributed by atoms with Gasteiger partial charge in [-0.25, -0.2) is 0 Å². The second kappa shape index (κ2) is 7.78. The molecule has 3 rings (SSSR count). The number of hydrogen-bond acceptors (Lipinski definition) is 8. The highest BCUT2D eigenvalue weighted by Crippen LogP contribution is 2.33. The first kappa shape index (κ1) is 16.3. The monoisotopic (exact) mass is 330 g/mol. The first-order chi connectivity index (χ1) is 11.7. The number of fused-ring (bicyclic) bond motifs is 1.